The van der Waals surface area contributed by atoms with E-state index < -0.39 is 17.7 Å². The maximum absolute atomic E-state index is 13.3. The highest BCUT2D eigenvalue weighted by molar-refractivity contribution is 6.46. The van der Waals surface area contributed by atoms with Crippen molar-refractivity contribution in [1.82, 2.24) is 4.90 Å². The molecular weight excluding hydrogens is 458 g/mol. The molecule has 4 rings (SSSR count). The number of aryl methyl sites for hydroxylation is 1. The summed E-state index contributed by atoms with van der Waals surface area (Å²) < 4.78 is 16.0. The molecule has 1 unspecified atom stereocenters. The van der Waals surface area contributed by atoms with Crippen LogP contribution >= 0.6 is 0 Å². The van der Waals surface area contributed by atoms with E-state index in [1.807, 2.05) is 49.4 Å². The molecule has 3 aromatic rings. The summed E-state index contributed by atoms with van der Waals surface area (Å²) in [7, 11) is 4.66. The zero-order chi connectivity index (χ0) is 25.8. The Hall–Kier alpha value is -4.26. The van der Waals surface area contributed by atoms with Crippen molar-refractivity contribution in [3.63, 3.8) is 0 Å². The number of nitrogens with zero attached hydrogens (tertiary/aromatic N) is 1. The van der Waals surface area contributed by atoms with Crippen LogP contribution in [-0.2, 0) is 16.0 Å². The summed E-state index contributed by atoms with van der Waals surface area (Å²) in [6.45, 7) is 2.24. The average Bonchev–Trinajstić information content (AvgIpc) is 3.16. The van der Waals surface area contributed by atoms with E-state index in [1.54, 1.807) is 38.5 Å². The fraction of sp³-hybridized carbons (Fsp3) is 0.241. The van der Waals surface area contributed by atoms with Crippen molar-refractivity contribution in [3.8, 4) is 17.2 Å². The van der Waals surface area contributed by atoms with Crippen LogP contribution in [0.2, 0.25) is 0 Å². The Labute approximate surface area is 210 Å². The van der Waals surface area contributed by atoms with Crippen LogP contribution in [-0.4, -0.2) is 49.6 Å². The van der Waals surface area contributed by atoms with Crippen LogP contribution in [0, 0.1) is 6.92 Å². The second-order valence-corrected chi connectivity index (χ2v) is 8.57. The summed E-state index contributed by atoms with van der Waals surface area (Å²) in [5.74, 6) is 0.142. The van der Waals surface area contributed by atoms with Crippen molar-refractivity contribution in [2.75, 3.05) is 27.9 Å². The third-order valence-electron chi connectivity index (χ3n) is 6.37. The monoisotopic (exact) mass is 487 g/mol. The molecule has 0 aliphatic carbocycles. The molecule has 3 aromatic carbocycles. The minimum absolute atomic E-state index is 0.0596. The number of likely N-dealkylation sites (tertiary alicyclic amines) is 1. The number of Topliss-reactive ketones (excluding diaryl/α,β-unsaturated/α-hetero) is 1. The Morgan fingerprint density at radius 1 is 0.889 bits per heavy atom. The van der Waals surface area contributed by atoms with Gasteiger partial charge in [-0.2, -0.15) is 0 Å². The van der Waals surface area contributed by atoms with E-state index in [0.717, 1.165) is 16.7 Å². The van der Waals surface area contributed by atoms with Gasteiger partial charge in [0.25, 0.3) is 11.7 Å². The van der Waals surface area contributed by atoms with Gasteiger partial charge in [-0.15, -0.1) is 0 Å². The molecule has 1 atom stereocenters. The molecule has 1 saturated heterocycles. The SMILES string of the molecule is COc1cccc(C(O)=C2C(=O)C(=O)N(CCc3ccc(OC)c(OC)c3)C2c2ccc(C)cc2)c1. The first kappa shape index (κ1) is 24.9. The lowest BCUT2D eigenvalue weighted by molar-refractivity contribution is -0.139. The zero-order valence-corrected chi connectivity index (χ0v) is 20.8. The van der Waals surface area contributed by atoms with Crippen LogP contribution in [0.15, 0.2) is 72.3 Å². The van der Waals surface area contributed by atoms with Crippen LogP contribution < -0.4 is 14.2 Å². The standard InChI is InChI=1S/C29H29NO6/c1-18-8-11-20(12-9-18)26-25(27(31)21-6-5-7-22(17-21)34-2)28(32)29(33)30(26)15-14-19-10-13-23(35-3)24(16-19)36-4/h5-13,16-17,26,31H,14-15H2,1-4H3. The first-order valence-electron chi connectivity index (χ1n) is 11.6. The predicted octanol–water partition coefficient (Wildman–Crippen LogP) is 4.69. The molecule has 1 heterocycles. The molecule has 36 heavy (non-hydrogen) atoms. The predicted molar refractivity (Wildman–Crippen MR) is 136 cm³/mol. The summed E-state index contributed by atoms with van der Waals surface area (Å²) in [5, 5.41) is 11.2. The van der Waals surface area contributed by atoms with E-state index in [9.17, 15) is 14.7 Å². The van der Waals surface area contributed by atoms with E-state index in [0.29, 0.717) is 29.2 Å². The van der Waals surface area contributed by atoms with Crippen LogP contribution in [0.3, 0.4) is 0 Å². The number of methoxy groups -OCH3 is 3. The van der Waals surface area contributed by atoms with Gasteiger partial charge in [0.2, 0.25) is 0 Å². The van der Waals surface area contributed by atoms with Gasteiger partial charge in [0.05, 0.1) is 32.9 Å². The van der Waals surface area contributed by atoms with Crippen LogP contribution in [0.25, 0.3) is 5.76 Å². The molecular formula is C29H29NO6. The van der Waals surface area contributed by atoms with Gasteiger partial charge in [0.1, 0.15) is 11.5 Å². The Balaban J connectivity index is 1.75. The van der Waals surface area contributed by atoms with E-state index in [1.165, 1.54) is 12.0 Å². The summed E-state index contributed by atoms with van der Waals surface area (Å²) in [6, 6.07) is 19.2. The lowest BCUT2D eigenvalue weighted by atomic mass is 9.94. The lowest BCUT2D eigenvalue weighted by Crippen LogP contribution is -2.31. The van der Waals surface area contributed by atoms with Crippen molar-refractivity contribution in [1.29, 1.82) is 0 Å². The van der Waals surface area contributed by atoms with Gasteiger partial charge in [-0.1, -0.05) is 48.0 Å². The van der Waals surface area contributed by atoms with E-state index in [-0.39, 0.29) is 17.9 Å². The molecule has 1 N–H and O–H groups in total. The van der Waals surface area contributed by atoms with Crippen molar-refractivity contribution >= 4 is 17.4 Å². The average molecular weight is 488 g/mol. The lowest BCUT2D eigenvalue weighted by Gasteiger charge is -2.25. The molecule has 1 amide bonds. The number of hydrogen-bond donors (Lipinski definition) is 1. The summed E-state index contributed by atoms with van der Waals surface area (Å²) in [4.78, 5) is 28.0. The Morgan fingerprint density at radius 3 is 2.28 bits per heavy atom. The molecule has 0 radical (unpaired) electrons. The Bertz CT molecular complexity index is 1310. The van der Waals surface area contributed by atoms with Crippen molar-refractivity contribution in [3.05, 3.63) is 94.6 Å². The van der Waals surface area contributed by atoms with Gasteiger partial charge >= 0.3 is 0 Å². The van der Waals surface area contributed by atoms with E-state index in [4.69, 9.17) is 14.2 Å². The highest BCUT2D eigenvalue weighted by Crippen LogP contribution is 2.40. The van der Waals surface area contributed by atoms with Crippen LogP contribution in [0.5, 0.6) is 17.2 Å². The number of ether oxygens (including phenoxy) is 3. The van der Waals surface area contributed by atoms with E-state index >= 15 is 0 Å². The molecule has 1 aliphatic rings. The molecule has 0 bridgehead atoms. The molecule has 0 saturated carbocycles. The van der Waals surface area contributed by atoms with Gasteiger partial charge in [-0.25, -0.2) is 0 Å². The number of benzene rings is 3. The molecule has 0 aromatic heterocycles. The fourth-order valence-electron chi connectivity index (χ4n) is 4.42. The van der Waals surface area contributed by atoms with E-state index in [2.05, 4.69) is 0 Å². The number of rotatable bonds is 8. The Morgan fingerprint density at radius 2 is 1.61 bits per heavy atom. The molecule has 1 fully saturated rings. The van der Waals surface area contributed by atoms with Gasteiger partial charge < -0.3 is 24.2 Å². The number of aliphatic hydroxyl groups excluding tert-OH is 1. The smallest absolute Gasteiger partial charge is 0.295 e. The second-order valence-electron chi connectivity index (χ2n) is 8.57. The van der Waals surface area contributed by atoms with Gasteiger partial charge in [-0.3, -0.25) is 9.59 Å². The van der Waals surface area contributed by atoms with Crippen molar-refractivity contribution in [2.24, 2.45) is 0 Å². The highest BCUT2D eigenvalue weighted by atomic mass is 16.5. The Kier molecular flexibility index (Phi) is 7.29. The van der Waals surface area contributed by atoms with Gasteiger partial charge in [-0.05, 0) is 48.7 Å². The maximum atomic E-state index is 13.3. The topological polar surface area (TPSA) is 85.3 Å². The normalized spacial score (nSPS) is 16.8. The van der Waals surface area contributed by atoms with Gasteiger partial charge in [0.15, 0.2) is 11.5 Å². The second kappa shape index (κ2) is 10.6. The summed E-state index contributed by atoms with van der Waals surface area (Å²) in [6.07, 6.45) is 0.481. The molecule has 7 heteroatoms. The fourth-order valence-corrected chi connectivity index (χ4v) is 4.42. The number of carbonyl (C=O) groups is 2. The number of ketones is 1. The highest BCUT2D eigenvalue weighted by Gasteiger charge is 2.45. The molecule has 7 nitrogen and oxygen atoms in total. The quantitative estimate of drug-likeness (QED) is 0.282. The maximum Gasteiger partial charge on any atom is 0.295 e. The van der Waals surface area contributed by atoms with Gasteiger partial charge in [0, 0.05) is 12.1 Å². The minimum atomic E-state index is -0.725. The van der Waals surface area contributed by atoms with Crippen LogP contribution in [0.4, 0.5) is 0 Å². The first-order chi connectivity index (χ1) is 17.4. The first-order valence-corrected chi connectivity index (χ1v) is 11.6. The number of amides is 1. The third kappa shape index (κ3) is 4.77. The summed E-state index contributed by atoms with van der Waals surface area (Å²) >= 11 is 0. The minimum Gasteiger partial charge on any atom is -0.507 e. The van der Waals surface area contributed by atoms with Crippen LogP contribution in [0.1, 0.15) is 28.3 Å². The third-order valence-corrected chi connectivity index (χ3v) is 6.37. The number of carbonyl (C=O) groups excluding carboxylic acids is 2. The molecule has 1 aliphatic heterocycles. The number of aliphatic hydroxyl groups is 1. The number of hydrogen-bond acceptors (Lipinski definition) is 6. The largest absolute Gasteiger partial charge is 0.507 e. The molecule has 186 valence electrons. The summed E-state index contributed by atoms with van der Waals surface area (Å²) in [5.41, 5.74) is 3.18. The molecule has 0 spiro atoms. The van der Waals surface area contributed by atoms with Crippen molar-refractivity contribution < 1.29 is 28.9 Å². The van der Waals surface area contributed by atoms with Crippen molar-refractivity contribution in [2.45, 2.75) is 19.4 Å². The zero-order valence-electron chi connectivity index (χ0n) is 20.8.